The van der Waals surface area contributed by atoms with Gasteiger partial charge in [0.2, 0.25) is 0 Å². The fourth-order valence-corrected chi connectivity index (χ4v) is 2.74. The highest BCUT2D eigenvalue weighted by atomic mass is 16.6. The van der Waals surface area contributed by atoms with Gasteiger partial charge in [0.05, 0.1) is 6.42 Å². The molecule has 1 amide bonds. The SMILES string of the molecule is CC(C)(C)OC(=O)CC(NC(=O)Oc1ccc(OCc2ccccc2)cc1)C(=O)OC(C)(C)C. The number of hydrogen-bond donors (Lipinski definition) is 1. The summed E-state index contributed by atoms with van der Waals surface area (Å²) in [4.78, 5) is 37.2. The van der Waals surface area contributed by atoms with Crippen molar-refractivity contribution in [1.82, 2.24) is 5.32 Å². The summed E-state index contributed by atoms with van der Waals surface area (Å²) >= 11 is 0. The van der Waals surface area contributed by atoms with E-state index in [2.05, 4.69) is 5.32 Å². The molecule has 1 atom stereocenters. The van der Waals surface area contributed by atoms with Gasteiger partial charge in [-0.1, -0.05) is 30.3 Å². The van der Waals surface area contributed by atoms with Gasteiger partial charge < -0.3 is 24.3 Å². The van der Waals surface area contributed by atoms with E-state index >= 15 is 0 Å². The Morgan fingerprint density at radius 3 is 1.91 bits per heavy atom. The van der Waals surface area contributed by atoms with Gasteiger partial charge in [0.1, 0.15) is 35.3 Å². The highest BCUT2D eigenvalue weighted by Crippen LogP contribution is 2.19. The standard InChI is InChI=1S/C26H33NO7/c1-25(2,3)33-22(28)16-21(23(29)34-26(4,5)6)27-24(30)32-20-14-12-19(13-15-20)31-17-18-10-8-7-9-11-18/h7-15,21H,16-17H2,1-6H3,(H,27,30). The van der Waals surface area contributed by atoms with Crippen LogP contribution in [-0.4, -0.2) is 35.3 Å². The van der Waals surface area contributed by atoms with Gasteiger partial charge in [-0.15, -0.1) is 0 Å². The molecular weight excluding hydrogens is 438 g/mol. The number of carbonyl (C=O) groups excluding carboxylic acids is 3. The van der Waals surface area contributed by atoms with Crippen molar-refractivity contribution >= 4 is 18.0 Å². The van der Waals surface area contributed by atoms with E-state index in [1.54, 1.807) is 65.8 Å². The first-order valence-electron chi connectivity index (χ1n) is 11.0. The van der Waals surface area contributed by atoms with Crippen molar-refractivity contribution in [3.63, 3.8) is 0 Å². The van der Waals surface area contributed by atoms with Gasteiger partial charge in [-0.25, -0.2) is 9.59 Å². The van der Waals surface area contributed by atoms with Crippen LogP contribution in [0.3, 0.4) is 0 Å². The summed E-state index contributed by atoms with van der Waals surface area (Å²) in [6, 6.07) is 14.9. The third kappa shape index (κ3) is 10.4. The first-order valence-corrected chi connectivity index (χ1v) is 11.0. The lowest BCUT2D eigenvalue weighted by Gasteiger charge is -2.25. The van der Waals surface area contributed by atoms with E-state index in [1.165, 1.54) is 0 Å². The summed E-state index contributed by atoms with van der Waals surface area (Å²) in [7, 11) is 0. The maximum Gasteiger partial charge on any atom is 0.413 e. The molecule has 0 fully saturated rings. The Balaban J connectivity index is 1.97. The first kappa shape index (κ1) is 26.7. The molecule has 0 spiro atoms. The van der Waals surface area contributed by atoms with E-state index in [1.807, 2.05) is 30.3 Å². The minimum atomic E-state index is -1.27. The van der Waals surface area contributed by atoms with E-state index < -0.39 is 41.7 Å². The molecule has 8 nitrogen and oxygen atoms in total. The largest absolute Gasteiger partial charge is 0.489 e. The first-order chi connectivity index (χ1) is 15.8. The summed E-state index contributed by atoms with van der Waals surface area (Å²) in [6.07, 6.45) is -1.30. The third-order valence-corrected chi connectivity index (χ3v) is 4.06. The molecule has 2 rings (SSSR count). The van der Waals surface area contributed by atoms with Crippen LogP contribution in [0.2, 0.25) is 0 Å². The Kier molecular flexibility index (Phi) is 9.06. The molecular formula is C26H33NO7. The topological polar surface area (TPSA) is 100 Å². The quantitative estimate of drug-likeness (QED) is 0.552. The fraction of sp³-hybridized carbons (Fsp3) is 0.423. The van der Waals surface area contributed by atoms with Crippen molar-refractivity contribution < 1.29 is 33.3 Å². The second kappa shape index (κ2) is 11.5. The molecule has 1 N–H and O–H groups in total. The van der Waals surface area contributed by atoms with Gasteiger partial charge in [0.15, 0.2) is 0 Å². The number of ether oxygens (including phenoxy) is 4. The van der Waals surface area contributed by atoms with Crippen LogP contribution in [0, 0.1) is 0 Å². The maximum absolute atomic E-state index is 12.6. The molecule has 34 heavy (non-hydrogen) atoms. The van der Waals surface area contributed by atoms with Crippen LogP contribution in [-0.2, 0) is 25.7 Å². The Morgan fingerprint density at radius 1 is 0.794 bits per heavy atom. The van der Waals surface area contributed by atoms with Gasteiger partial charge in [0.25, 0.3) is 0 Å². The lowest BCUT2D eigenvalue weighted by molar-refractivity contribution is -0.164. The van der Waals surface area contributed by atoms with E-state index in [9.17, 15) is 14.4 Å². The summed E-state index contributed by atoms with van der Waals surface area (Å²) < 4.78 is 21.6. The predicted octanol–water partition coefficient (Wildman–Crippen LogP) is 4.80. The minimum absolute atomic E-state index is 0.241. The van der Waals surface area contributed by atoms with Gasteiger partial charge in [-0.2, -0.15) is 0 Å². The monoisotopic (exact) mass is 471 g/mol. The third-order valence-electron chi connectivity index (χ3n) is 4.06. The highest BCUT2D eigenvalue weighted by molar-refractivity contribution is 5.87. The second-order valence-electron chi connectivity index (χ2n) is 9.66. The summed E-state index contributed by atoms with van der Waals surface area (Å²) in [5.74, 6) is -0.568. The summed E-state index contributed by atoms with van der Waals surface area (Å²) in [5, 5.41) is 2.40. The van der Waals surface area contributed by atoms with Crippen LogP contribution in [0.25, 0.3) is 0 Å². The predicted molar refractivity (Wildman–Crippen MR) is 126 cm³/mol. The molecule has 0 saturated carbocycles. The van der Waals surface area contributed by atoms with Crippen LogP contribution < -0.4 is 14.8 Å². The molecule has 0 bridgehead atoms. The molecule has 8 heteroatoms. The molecule has 0 heterocycles. The number of esters is 2. The number of carbonyl (C=O) groups is 3. The molecule has 0 aliphatic rings. The van der Waals surface area contributed by atoms with Crippen LogP contribution >= 0.6 is 0 Å². The number of benzene rings is 2. The van der Waals surface area contributed by atoms with E-state index in [0.717, 1.165) is 5.56 Å². The van der Waals surface area contributed by atoms with Crippen LogP contribution in [0.1, 0.15) is 53.5 Å². The van der Waals surface area contributed by atoms with Crippen LogP contribution in [0.15, 0.2) is 54.6 Å². The van der Waals surface area contributed by atoms with Gasteiger partial charge in [-0.05, 0) is 71.4 Å². The van der Waals surface area contributed by atoms with Crippen molar-refractivity contribution in [3.05, 3.63) is 60.2 Å². The molecule has 2 aromatic carbocycles. The van der Waals surface area contributed by atoms with E-state index in [-0.39, 0.29) is 5.75 Å². The molecule has 0 saturated heterocycles. The number of nitrogens with one attached hydrogen (secondary N) is 1. The molecule has 184 valence electrons. The summed E-state index contributed by atoms with van der Waals surface area (Å²) in [5.41, 5.74) is -0.509. The van der Waals surface area contributed by atoms with E-state index in [4.69, 9.17) is 18.9 Å². The molecule has 0 radical (unpaired) electrons. The number of amides is 1. The van der Waals surface area contributed by atoms with Crippen LogP contribution in [0.5, 0.6) is 11.5 Å². The van der Waals surface area contributed by atoms with E-state index in [0.29, 0.717) is 12.4 Å². The zero-order valence-corrected chi connectivity index (χ0v) is 20.5. The zero-order chi connectivity index (χ0) is 25.4. The number of rotatable bonds is 8. The Hall–Kier alpha value is -3.55. The summed E-state index contributed by atoms with van der Waals surface area (Å²) in [6.45, 7) is 10.6. The Labute approximate surface area is 200 Å². The average molecular weight is 472 g/mol. The van der Waals surface area contributed by atoms with Gasteiger partial charge in [-0.3, -0.25) is 4.79 Å². The van der Waals surface area contributed by atoms with Crippen LogP contribution in [0.4, 0.5) is 4.79 Å². The van der Waals surface area contributed by atoms with Crippen molar-refractivity contribution in [2.45, 2.75) is 71.8 Å². The van der Waals surface area contributed by atoms with Gasteiger partial charge in [0, 0.05) is 0 Å². The van der Waals surface area contributed by atoms with Crippen molar-refractivity contribution in [2.24, 2.45) is 0 Å². The number of hydrogen-bond acceptors (Lipinski definition) is 7. The molecule has 0 aromatic heterocycles. The smallest absolute Gasteiger partial charge is 0.413 e. The maximum atomic E-state index is 12.6. The zero-order valence-electron chi connectivity index (χ0n) is 20.5. The Bertz CT molecular complexity index is 957. The van der Waals surface area contributed by atoms with Gasteiger partial charge >= 0.3 is 18.0 Å². The minimum Gasteiger partial charge on any atom is -0.489 e. The normalized spacial score (nSPS) is 12.3. The van der Waals surface area contributed by atoms with Crippen molar-refractivity contribution in [1.29, 1.82) is 0 Å². The molecule has 0 aliphatic heterocycles. The second-order valence-corrected chi connectivity index (χ2v) is 9.66. The Morgan fingerprint density at radius 2 is 1.35 bits per heavy atom. The lowest BCUT2D eigenvalue weighted by atomic mass is 10.1. The molecule has 1 unspecified atom stereocenters. The lowest BCUT2D eigenvalue weighted by Crippen LogP contribution is -2.47. The fourth-order valence-electron chi connectivity index (χ4n) is 2.74. The van der Waals surface area contributed by atoms with Crippen molar-refractivity contribution in [2.75, 3.05) is 0 Å². The average Bonchev–Trinajstić information content (AvgIpc) is 2.71. The molecule has 0 aliphatic carbocycles. The van der Waals surface area contributed by atoms with Crippen molar-refractivity contribution in [3.8, 4) is 11.5 Å². The highest BCUT2D eigenvalue weighted by Gasteiger charge is 2.31. The molecule has 2 aromatic rings.